The van der Waals surface area contributed by atoms with Crippen LogP contribution in [0.3, 0.4) is 0 Å². The van der Waals surface area contributed by atoms with Crippen molar-refractivity contribution in [3.05, 3.63) is 65.6 Å². The van der Waals surface area contributed by atoms with Crippen LogP contribution in [-0.4, -0.2) is 17.6 Å². The average molecular weight is 324 g/mol. The van der Waals surface area contributed by atoms with Crippen LogP contribution >= 0.6 is 0 Å². The second-order valence-corrected chi connectivity index (χ2v) is 5.42. The number of nitrogens with zero attached hydrogens (tertiary/aromatic N) is 1. The number of ether oxygens (including phenoxy) is 1. The van der Waals surface area contributed by atoms with Gasteiger partial charge in [-0.3, -0.25) is 4.98 Å². The number of aryl methyl sites for hydroxylation is 1. The standard InChI is InChI=1S/C19H17FN2O2/c1-3-24-19(23)16-11-21-17-9-4-12(2)10-15(17)18(16)22-14-7-5-13(20)6-8-14/h4-11H,3H2,1-2H3,(H,21,22). The van der Waals surface area contributed by atoms with Gasteiger partial charge in [0.1, 0.15) is 11.4 Å². The van der Waals surface area contributed by atoms with Gasteiger partial charge in [0.25, 0.3) is 0 Å². The lowest BCUT2D eigenvalue weighted by atomic mass is 10.1. The lowest BCUT2D eigenvalue weighted by molar-refractivity contribution is 0.0527. The zero-order valence-corrected chi connectivity index (χ0v) is 13.5. The summed E-state index contributed by atoms with van der Waals surface area (Å²) >= 11 is 0. The van der Waals surface area contributed by atoms with E-state index in [9.17, 15) is 9.18 Å². The van der Waals surface area contributed by atoms with Crippen molar-refractivity contribution in [2.24, 2.45) is 0 Å². The van der Waals surface area contributed by atoms with Gasteiger partial charge in [-0.2, -0.15) is 0 Å². The Labute approximate surface area is 139 Å². The van der Waals surface area contributed by atoms with Gasteiger partial charge in [-0.25, -0.2) is 9.18 Å². The molecule has 3 aromatic rings. The van der Waals surface area contributed by atoms with Gasteiger partial charge in [0.15, 0.2) is 0 Å². The van der Waals surface area contributed by atoms with Crippen molar-refractivity contribution in [2.75, 3.05) is 11.9 Å². The lowest BCUT2D eigenvalue weighted by Crippen LogP contribution is -2.09. The van der Waals surface area contributed by atoms with Crippen LogP contribution in [0.25, 0.3) is 10.9 Å². The minimum absolute atomic E-state index is 0.278. The summed E-state index contributed by atoms with van der Waals surface area (Å²) in [6, 6.07) is 11.8. The number of hydrogen-bond acceptors (Lipinski definition) is 4. The number of pyridine rings is 1. The number of rotatable bonds is 4. The SMILES string of the molecule is CCOC(=O)c1cnc2ccc(C)cc2c1Nc1ccc(F)cc1. The van der Waals surface area contributed by atoms with E-state index in [0.717, 1.165) is 16.5 Å². The number of benzene rings is 2. The van der Waals surface area contributed by atoms with Crippen LogP contribution in [0, 0.1) is 12.7 Å². The van der Waals surface area contributed by atoms with E-state index >= 15 is 0 Å². The van der Waals surface area contributed by atoms with Crippen LogP contribution in [0.1, 0.15) is 22.8 Å². The molecule has 0 fully saturated rings. The Hall–Kier alpha value is -2.95. The van der Waals surface area contributed by atoms with Gasteiger partial charge in [0.2, 0.25) is 0 Å². The molecule has 0 aliphatic carbocycles. The topological polar surface area (TPSA) is 51.2 Å². The zero-order valence-electron chi connectivity index (χ0n) is 13.5. The van der Waals surface area contributed by atoms with E-state index in [-0.39, 0.29) is 12.4 Å². The Kier molecular flexibility index (Phi) is 4.42. The normalized spacial score (nSPS) is 10.6. The van der Waals surface area contributed by atoms with Crippen molar-refractivity contribution < 1.29 is 13.9 Å². The number of aromatic nitrogens is 1. The molecule has 5 heteroatoms. The Morgan fingerprint density at radius 2 is 1.96 bits per heavy atom. The quantitative estimate of drug-likeness (QED) is 0.712. The Bertz CT molecular complexity index is 892. The number of esters is 1. The molecule has 0 spiro atoms. The maximum atomic E-state index is 13.1. The van der Waals surface area contributed by atoms with Crippen molar-refractivity contribution in [3.8, 4) is 0 Å². The summed E-state index contributed by atoms with van der Waals surface area (Å²) in [5.74, 6) is -0.764. The molecule has 24 heavy (non-hydrogen) atoms. The van der Waals surface area contributed by atoms with Gasteiger partial charge in [0.05, 0.1) is 17.8 Å². The fraction of sp³-hybridized carbons (Fsp3) is 0.158. The predicted molar refractivity (Wildman–Crippen MR) is 92.1 cm³/mol. The van der Waals surface area contributed by atoms with E-state index in [1.54, 1.807) is 19.1 Å². The molecular weight excluding hydrogens is 307 g/mol. The van der Waals surface area contributed by atoms with E-state index in [1.807, 2.05) is 25.1 Å². The second-order valence-electron chi connectivity index (χ2n) is 5.42. The van der Waals surface area contributed by atoms with E-state index in [0.29, 0.717) is 16.9 Å². The van der Waals surface area contributed by atoms with Crippen LogP contribution in [0.5, 0.6) is 0 Å². The first-order valence-electron chi connectivity index (χ1n) is 7.67. The smallest absolute Gasteiger partial charge is 0.341 e. The van der Waals surface area contributed by atoms with E-state index < -0.39 is 5.97 Å². The molecule has 1 heterocycles. The summed E-state index contributed by atoms with van der Waals surface area (Å²) in [4.78, 5) is 16.6. The van der Waals surface area contributed by atoms with E-state index in [1.165, 1.54) is 18.3 Å². The Morgan fingerprint density at radius 1 is 1.21 bits per heavy atom. The van der Waals surface area contributed by atoms with Crippen LogP contribution in [0.2, 0.25) is 0 Å². The number of nitrogens with one attached hydrogen (secondary N) is 1. The molecule has 0 bridgehead atoms. The van der Waals surface area contributed by atoms with Gasteiger partial charge in [0, 0.05) is 17.3 Å². The van der Waals surface area contributed by atoms with Gasteiger partial charge < -0.3 is 10.1 Å². The minimum Gasteiger partial charge on any atom is -0.462 e. The molecule has 122 valence electrons. The number of fused-ring (bicyclic) bond motifs is 1. The number of halogens is 1. The van der Waals surface area contributed by atoms with Crippen LogP contribution in [0.15, 0.2) is 48.7 Å². The van der Waals surface area contributed by atoms with Gasteiger partial charge >= 0.3 is 5.97 Å². The first-order chi connectivity index (χ1) is 11.6. The molecule has 0 saturated heterocycles. The highest BCUT2D eigenvalue weighted by atomic mass is 19.1. The third-order valence-corrected chi connectivity index (χ3v) is 3.63. The second kappa shape index (κ2) is 6.66. The lowest BCUT2D eigenvalue weighted by Gasteiger charge is -2.14. The van der Waals surface area contributed by atoms with Crippen molar-refractivity contribution in [2.45, 2.75) is 13.8 Å². The van der Waals surface area contributed by atoms with E-state index in [2.05, 4.69) is 10.3 Å². The summed E-state index contributed by atoms with van der Waals surface area (Å²) in [6.07, 6.45) is 1.50. The average Bonchev–Trinajstić information content (AvgIpc) is 2.57. The van der Waals surface area contributed by atoms with Crippen LogP contribution in [0.4, 0.5) is 15.8 Å². The highest BCUT2D eigenvalue weighted by Crippen LogP contribution is 2.30. The predicted octanol–water partition coefficient (Wildman–Crippen LogP) is 4.60. The summed E-state index contributed by atoms with van der Waals surface area (Å²) < 4.78 is 18.3. The van der Waals surface area contributed by atoms with Gasteiger partial charge in [-0.05, 0) is 50.2 Å². The van der Waals surface area contributed by atoms with Crippen molar-refractivity contribution in [1.29, 1.82) is 0 Å². The first kappa shape index (κ1) is 15.9. The summed E-state index contributed by atoms with van der Waals surface area (Å²) in [5, 5.41) is 4.01. The third kappa shape index (κ3) is 3.20. The monoisotopic (exact) mass is 324 g/mol. The number of anilines is 2. The molecular formula is C19H17FN2O2. The molecule has 0 aliphatic heterocycles. The highest BCUT2D eigenvalue weighted by molar-refractivity contribution is 6.06. The molecule has 0 amide bonds. The molecule has 3 rings (SSSR count). The molecule has 0 saturated carbocycles. The molecule has 0 aliphatic rings. The van der Waals surface area contributed by atoms with E-state index in [4.69, 9.17) is 4.74 Å². The van der Waals surface area contributed by atoms with Crippen LogP contribution in [-0.2, 0) is 4.74 Å². The molecule has 0 radical (unpaired) electrons. The summed E-state index contributed by atoms with van der Waals surface area (Å²) in [6.45, 7) is 4.00. The molecule has 0 atom stereocenters. The summed E-state index contributed by atoms with van der Waals surface area (Å²) in [7, 11) is 0. The number of carbonyl (C=O) groups excluding carboxylic acids is 1. The Morgan fingerprint density at radius 3 is 2.67 bits per heavy atom. The zero-order chi connectivity index (χ0) is 17.1. The molecule has 1 N–H and O–H groups in total. The van der Waals surface area contributed by atoms with Crippen molar-refractivity contribution in [1.82, 2.24) is 4.98 Å². The fourth-order valence-corrected chi connectivity index (χ4v) is 2.48. The number of hydrogen-bond donors (Lipinski definition) is 1. The highest BCUT2D eigenvalue weighted by Gasteiger charge is 2.17. The van der Waals surface area contributed by atoms with Crippen molar-refractivity contribution >= 4 is 28.2 Å². The maximum Gasteiger partial charge on any atom is 0.341 e. The molecule has 0 unspecified atom stereocenters. The summed E-state index contributed by atoms with van der Waals surface area (Å²) in [5.41, 5.74) is 3.44. The van der Waals surface area contributed by atoms with Crippen molar-refractivity contribution in [3.63, 3.8) is 0 Å². The van der Waals surface area contributed by atoms with Gasteiger partial charge in [-0.1, -0.05) is 11.6 Å². The largest absolute Gasteiger partial charge is 0.462 e. The van der Waals surface area contributed by atoms with Crippen LogP contribution < -0.4 is 5.32 Å². The minimum atomic E-state index is -0.446. The molecule has 2 aromatic carbocycles. The van der Waals surface area contributed by atoms with Gasteiger partial charge in [-0.15, -0.1) is 0 Å². The Balaban J connectivity index is 2.16. The molecule has 4 nitrogen and oxygen atoms in total. The first-order valence-corrected chi connectivity index (χ1v) is 7.67. The fourth-order valence-electron chi connectivity index (χ4n) is 2.48. The maximum absolute atomic E-state index is 13.1. The number of carbonyl (C=O) groups is 1. The molecule has 1 aromatic heterocycles. The third-order valence-electron chi connectivity index (χ3n) is 3.63.